The van der Waals surface area contributed by atoms with Crippen molar-refractivity contribution < 1.29 is 4.79 Å². The highest BCUT2D eigenvalue weighted by Crippen LogP contribution is 2.24. The SMILES string of the molecule is CCC(C)NC(=O)NCCn1c(-c2ccccc2)nc2ccccc21. The van der Waals surface area contributed by atoms with Gasteiger partial charge in [0.1, 0.15) is 5.82 Å². The molecule has 1 atom stereocenters. The average Bonchev–Trinajstić information content (AvgIpc) is 3.01. The van der Waals surface area contributed by atoms with Gasteiger partial charge in [0.25, 0.3) is 0 Å². The van der Waals surface area contributed by atoms with E-state index in [9.17, 15) is 4.79 Å². The minimum atomic E-state index is -0.125. The minimum absolute atomic E-state index is 0.125. The second-order valence-electron chi connectivity index (χ2n) is 6.15. The molecule has 0 fully saturated rings. The van der Waals surface area contributed by atoms with Crippen LogP contribution in [0.5, 0.6) is 0 Å². The van der Waals surface area contributed by atoms with Gasteiger partial charge in [0, 0.05) is 24.7 Å². The molecule has 25 heavy (non-hydrogen) atoms. The van der Waals surface area contributed by atoms with Crippen molar-refractivity contribution in [3.05, 3.63) is 54.6 Å². The lowest BCUT2D eigenvalue weighted by Gasteiger charge is -2.14. The number of nitrogens with one attached hydrogen (secondary N) is 2. The Morgan fingerprint density at radius 3 is 2.60 bits per heavy atom. The van der Waals surface area contributed by atoms with Crippen LogP contribution in [-0.2, 0) is 6.54 Å². The van der Waals surface area contributed by atoms with Crippen LogP contribution in [0.15, 0.2) is 54.6 Å². The standard InChI is InChI=1S/C20H24N4O/c1-3-15(2)22-20(25)21-13-14-24-18-12-8-7-11-17(18)23-19(24)16-9-5-4-6-10-16/h4-12,15H,3,13-14H2,1-2H3,(H2,21,22,25). The first kappa shape index (κ1) is 17.0. The third-order valence-corrected chi connectivity index (χ3v) is 4.30. The van der Waals surface area contributed by atoms with E-state index in [4.69, 9.17) is 4.98 Å². The van der Waals surface area contributed by atoms with E-state index in [1.54, 1.807) is 0 Å². The van der Waals surface area contributed by atoms with E-state index in [0.29, 0.717) is 13.1 Å². The fraction of sp³-hybridized carbons (Fsp3) is 0.300. The van der Waals surface area contributed by atoms with Gasteiger partial charge in [0.05, 0.1) is 11.0 Å². The fourth-order valence-corrected chi connectivity index (χ4v) is 2.77. The van der Waals surface area contributed by atoms with E-state index < -0.39 is 0 Å². The number of amides is 2. The molecule has 0 saturated carbocycles. The lowest BCUT2D eigenvalue weighted by atomic mass is 10.2. The zero-order valence-corrected chi connectivity index (χ0v) is 14.7. The number of hydrogen-bond donors (Lipinski definition) is 2. The second kappa shape index (κ2) is 7.83. The summed E-state index contributed by atoms with van der Waals surface area (Å²) in [5, 5.41) is 5.85. The van der Waals surface area contributed by atoms with Crippen molar-refractivity contribution in [1.29, 1.82) is 0 Å². The molecule has 0 saturated heterocycles. The van der Waals surface area contributed by atoms with Crippen LogP contribution < -0.4 is 10.6 Å². The minimum Gasteiger partial charge on any atom is -0.336 e. The highest BCUT2D eigenvalue weighted by Gasteiger charge is 2.12. The number of para-hydroxylation sites is 2. The number of carbonyl (C=O) groups is 1. The van der Waals surface area contributed by atoms with Gasteiger partial charge < -0.3 is 15.2 Å². The molecule has 5 nitrogen and oxygen atoms in total. The van der Waals surface area contributed by atoms with Crippen LogP contribution in [-0.4, -0.2) is 28.2 Å². The molecule has 3 rings (SSSR count). The Balaban J connectivity index is 1.79. The van der Waals surface area contributed by atoms with Crippen molar-refractivity contribution in [3.8, 4) is 11.4 Å². The van der Waals surface area contributed by atoms with Crippen LogP contribution >= 0.6 is 0 Å². The number of urea groups is 1. The van der Waals surface area contributed by atoms with Crippen LogP contribution in [0, 0.1) is 0 Å². The maximum Gasteiger partial charge on any atom is 0.315 e. The van der Waals surface area contributed by atoms with Crippen molar-refractivity contribution in [3.63, 3.8) is 0 Å². The van der Waals surface area contributed by atoms with E-state index in [-0.39, 0.29) is 12.1 Å². The van der Waals surface area contributed by atoms with Crippen LogP contribution in [0.25, 0.3) is 22.4 Å². The van der Waals surface area contributed by atoms with Crippen LogP contribution in [0.4, 0.5) is 4.79 Å². The van der Waals surface area contributed by atoms with Gasteiger partial charge in [0.2, 0.25) is 0 Å². The smallest absolute Gasteiger partial charge is 0.315 e. The first-order valence-corrected chi connectivity index (χ1v) is 8.74. The Labute approximate surface area is 148 Å². The van der Waals surface area contributed by atoms with Gasteiger partial charge in [-0.2, -0.15) is 0 Å². The Bertz CT molecular complexity index is 841. The Morgan fingerprint density at radius 2 is 1.84 bits per heavy atom. The predicted octanol–water partition coefficient (Wildman–Crippen LogP) is 3.80. The van der Waals surface area contributed by atoms with Crippen LogP contribution in [0.1, 0.15) is 20.3 Å². The first-order chi connectivity index (χ1) is 12.2. The molecule has 0 aliphatic heterocycles. The molecule has 1 heterocycles. The molecule has 1 aromatic heterocycles. The van der Waals surface area contributed by atoms with Crippen molar-refractivity contribution in [1.82, 2.24) is 20.2 Å². The van der Waals surface area contributed by atoms with E-state index in [2.05, 4.69) is 40.3 Å². The lowest BCUT2D eigenvalue weighted by molar-refractivity contribution is 0.237. The molecule has 0 aliphatic carbocycles. The summed E-state index contributed by atoms with van der Waals surface area (Å²) in [5.74, 6) is 0.922. The molecule has 1 unspecified atom stereocenters. The van der Waals surface area contributed by atoms with Crippen molar-refractivity contribution in [2.24, 2.45) is 0 Å². The molecule has 0 radical (unpaired) electrons. The largest absolute Gasteiger partial charge is 0.336 e. The summed E-state index contributed by atoms with van der Waals surface area (Å²) < 4.78 is 2.16. The quantitative estimate of drug-likeness (QED) is 0.719. The van der Waals surface area contributed by atoms with Gasteiger partial charge in [-0.3, -0.25) is 0 Å². The zero-order valence-electron chi connectivity index (χ0n) is 14.7. The number of nitrogens with zero attached hydrogens (tertiary/aromatic N) is 2. The maximum atomic E-state index is 11.9. The predicted molar refractivity (Wildman–Crippen MR) is 101 cm³/mol. The summed E-state index contributed by atoms with van der Waals surface area (Å²) in [7, 11) is 0. The number of fused-ring (bicyclic) bond motifs is 1. The number of hydrogen-bond acceptors (Lipinski definition) is 2. The number of carbonyl (C=O) groups excluding carboxylic acids is 1. The summed E-state index contributed by atoms with van der Waals surface area (Å²) in [5.41, 5.74) is 3.11. The monoisotopic (exact) mass is 336 g/mol. The topological polar surface area (TPSA) is 59.0 Å². The van der Waals surface area contributed by atoms with Gasteiger partial charge in [-0.15, -0.1) is 0 Å². The molecule has 130 valence electrons. The lowest BCUT2D eigenvalue weighted by Crippen LogP contribution is -2.41. The number of aromatic nitrogens is 2. The van der Waals surface area contributed by atoms with Gasteiger partial charge in [-0.1, -0.05) is 49.4 Å². The maximum absolute atomic E-state index is 11.9. The molecule has 0 bridgehead atoms. The molecule has 2 aromatic carbocycles. The summed E-state index contributed by atoms with van der Waals surface area (Å²) in [6.07, 6.45) is 0.914. The fourth-order valence-electron chi connectivity index (χ4n) is 2.77. The molecule has 0 aliphatic rings. The summed E-state index contributed by atoms with van der Waals surface area (Å²) in [4.78, 5) is 16.7. The van der Waals surface area contributed by atoms with Crippen molar-refractivity contribution in [2.45, 2.75) is 32.9 Å². The number of benzene rings is 2. The average molecular weight is 336 g/mol. The van der Waals surface area contributed by atoms with Crippen LogP contribution in [0.2, 0.25) is 0 Å². The molecular weight excluding hydrogens is 312 g/mol. The van der Waals surface area contributed by atoms with Gasteiger partial charge in [-0.25, -0.2) is 9.78 Å². The van der Waals surface area contributed by atoms with E-state index in [0.717, 1.165) is 28.8 Å². The normalized spacial score (nSPS) is 12.1. The number of rotatable bonds is 6. The molecular formula is C20H24N4O. The molecule has 5 heteroatoms. The van der Waals surface area contributed by atoms with Gasteiger partial charge in [0.15, 0.2) is 0 Å². The summed E-state index contributed by atoms with van der Waals surface area (Å²) in [6.45, 7) is 5.26. The molecule has 0 spiro atoms. The highest BCUT2D eigenvalue weighted by molar-refractivity contribution is 5.80. The van der Waals surface area contributed by atoms with Gasteiger partial charge in [-0.05, 0) is 25.5 Å². The van der Waals surface area contributed by atoms with Crippen LogP contribution in [0.3, 0.4) is 0 Å². The van der Waals surface area contributed by atoms with Crippen molar-refractivity contribution >= 4 is 17.1 Å². The molecule has 2 amide bonds. The third kappa shape index (κ3) is 3.99. The molecule has 2 N–H and O–H groups in total. The third-order valence-electron chi connectivity index (χ3n) is 4.30. The summed E-state index contributed by atoms with van der Waals surface area (Å²) >= 11 is 0. The zero-order chi connectivity index (χ0) is 17.6. The second-order valence-corrected chi connectivity index (χ2v) is 6.15. The van der Waals surface area contributed by atoms with E-state index in [1.807, 2.05) is 43.3 Å². The first-order valence-electron chi connectivity index (χ1n) is 8.74. The Morgan fingerprint density at radius 1 is 1.12 bits per heavy atom. The van der Waals surface area contributed by atoms with E-state index in [1.165, 1.54) is 0 Å². The summed E-state index contributed by atoms with van der Waals surface area (Å²) in [6, 6.07) is 18.3. The van der Waals surface area contributed by atoms with Crippen molar-refractivity contribution in [2.75, 3.05) is 6.54 Å². The highest BCUT2D eigenvalue weighted by atomic mass is 16.2. The van der Waals surface area contributed by atoms with E-state index >= 15 is 0 Å². The molecule has 3 aromatic rings. The van der Waals surface area contributed by atoms with Gasteiger partial charge >= 0.3 is 6.03 Å². The Kier molecular flexibility index (Phi) is 5.33. The Hall–Kier alpha value is -2.82. The number of imidazole rings is 1.